The summed E-state index contributed by atoms with van der Waals surface area (Å²) in [6.45, 7) is 3.14. The van der Waals surface area contributed by atoms with Crippen LogP contribution in [0.5, 0.6) is 17.2 Å². The molecule has 0 saturated carbocycles. The molecule has 0 saturated heterocycles. The number of ether oxygens (including phenoxy) is 3. The number of rotatable bonds is 5. The Kier molecular flexibility index (Phi) is 4.74. The van der Waals surface area contributed by atoms with Gasteiger partial charge in [-0.05, 0) is 24.3 Å². The van der Waals surface area contributed by atoms with Crippen LogP contribution in [0.25, 0.3) is 0 Å². The molecule has 0 aromatic heterocycles. The van der Waals surface area contributed by atoms with E-state index in [0.29, 0.717) is 31.2 Å². The van der Waals surface area contributed by atoms with Crippen LogP contribution in [0.15, 0.2) is 36.4 Å². The van der Waals surface area contributed by atoms with Gasteiger partial charge in [-0.1, -0.05) is 12.1 Å². The Morgan fingerprint density at radius 2 is 2.04 bits per heavy atom. The van der Waals surface area contributed by atoms with Crippen LogP contribution in [-0.2, 0) is 11.3 Å². The van der Waals surface area contributed by atoms with Crippen LogP contribution < -0.4 is 24.8 Å². The molecule has 2 N–H and O–H groups in total. The van der Waals surface area contributed by atoms with Crippen molar-refractivity contribution in [3.05, 3.63) is 42.0 Å². The fourth-order valence-corrected chi connectivity index (χ4v) is 2.59. The van der Waals surface area contributed by atoms with E-state index in [1.165, 1.54) is 6.92 Å². The monoisotopic (exact) mass is 328 g/mol. The summed E-state index contributed by atoms with van der Waals surface area (Å²) in [4.78, 5) is 11.2. The normalized spacial score (nSPS) is 12.4. The minimum atomic E-state index is -0.117. The van der Waals surface area contributed by atoms with Crippen LogP contribution in [0.2, 0.25) is 0 Å². The van der Waals surface area contributed by atoms with Gasteiger partial charge in [0.1, 0.15) is 19.0 Å². The Labute approximate surface area is 140 Å². The molecule has 0 unspecified atom stereocenters. The molecule has 0 aliphatic carbocycles. The topological polar surface area (TPSA) is 68.8 Å². The third kappa shape index (κ3) is 3.53. The lowest BCUT2D eigenvalue weighted by Gasteiger charge is -2.21. The number of fused-ring (bicyclic) bond motifs is 1. The number of methoxy groups -OCH3 is 1. The summed E-state index contributed by atoms with van der Waals surface area (Å²) in [5, 5.41) is 6.10. The number of nitrogens with one attached hydrogen (secondary N) is 2. The lowest BCUT2D eigenvalue weighted by atomic mass is 10.1. The Balaban J connectivity index is 1.80. The van der Waals surface area contributed by atoms with Gasteiger partial charge in [0.05, 0.1) is 12.8 Å². The van der Waals surface area contributed by atoms with Gasteiger partial charge in [-0.2, -0.15) is 0 Å². The van der Waals surface area contributed by atoms with Crippen molar-refractivity contribution in [3.63, 3.8) is 0 Å². The first-order chi connectivity index (χ1) is 11.7. The molecule has 6 nitrogen and oxygen atoms in total. The maximum atomic E-state index is 11.2. The van der Waals surface area contributed by atoms with E-state index < -0.39 is 0 Å². The van der Waals surface area contributed by atoms with E-state index in [-0.39, 0.29) is 5.91 Å². The molecule has 1 aliphatic heterocycles. The molecule has 3 rings (SSSR count). The van der Waals surface area contributed by atoms with Gasteiger partial charge in [0.2, 0.25) is 5.91 Å². The molecule has 126 valence electrons. The molecule has 0 fully saturated rings. The summed E-state index contributed by atoms with van der Waals surface area (Å²) in [5.41, 5.74) is 2.50. The predicted molar refractivity (Wildman–Crippen MR) is 92.1 cm³/mol. The van der Waals surface area contributed by atoms with E-state index in [1.807, 2.05) is 30.3 Å². The van der Waals surface area contributed by atoms with Gasteiger partial charge < -0.3 is 24.8 Å². The van der Waals surface area contributed by atoms with E-state index in [1.54, 1.807) is 13.2 Å². The van der Waals surface area contributed by atoms with Gasteiger partial charge in [0.15, 0.2) is 11.5 Å². The summed E-state index contributed by atoms with van der Waals surface area (Å²) in [6.07, 6.45) is 0. The summed E-state index contributed by atoms with van der Waals surface area (Å²) in [7, 11) is 1.61. The second kappa shape index (κ2) is 7.12. The molecule has 1 amide bonds. The number of hydrogen-bond acceptors (Lipinski definition) is 5. The van der Waals surface area contributed by atoms with Crippen molar-refractivity contribution in [3.8, 4) is 17.2 Å². The van der Waals surface area contributed by atoms with Crippen molar-refractivity contribution in [2.45, 2.75) is 13.5 Å². The minimum absolute atomic E-state index is 0.117. The van der Waals surface area contributed by atoms with E-state index in [0.717, 1.165) is 22.7 Å². The smallest absolute Gasteiger partial charge is 0.221 e. The molecule has 0 bridgehead atoms. The van der Waals surface area contributed by atoms with Crippen LogP contribution in [0.3, 0.4) is 0 Å². The highest BCUT2D eigenvalue weighted by Gasteiger charge is 2.15. The van der Waals surface area contributed by atoms with E-state index in [2.05, 4.69) is 10.6 Å². The second-order valence-corrected chi connectivity index (χ2v) is 5.39. The number of amides is 1. The number of carbonyl (C=O) groups excluding carboxylic acids is 1. The number of carbonyl (C=O) groups is 1. The van der Waals surface area contributed by atoms with Crippen LogP contribution in [-0.4, -0.2) is 26.2 Å². The highest BCUT2D eigenvalue weighted by atomic mass is 16.6. The average molecular weight is 328 g/mol. The Morgan fingerprint density at radius 1 is 1.21 bits per heavy atom. The zero-order valence-corrected chi connectivity index (χ0v) is 13.7. The van der Waals surface area contributed by atoms with Gasteiger partial charge in [0.25, 0.3) is 0 Å². The molecule has 0 radical (unpaired) electrons. The predicted octanol–water partition coefficient (Wildman–Crippen LogP) is 3.04. The second-order valence-electron chi connectivity index (χ2n) is 5.39. The van der Waals surface area contributed by atoms with E-state index >= 15 is 0 Å². The summed E-state index contributed by atoms with van der Waals surface area (Å²) in [6, 6.07) is 11.3. The molecule has 0 atom stereocenters. The minimum Gasteiger partial charge on any atom is -0.495 e. The third-order valence-corrected chi connectivity index (χ3v) is 3.64. The molecule has 2 aromatic carbocycles. The van der Waals surface area contributed by atoms with Crippen LogP contribution in [0.1, 0.15) is 12.5 Å². The number of hydrogen-bond donors (Lipinski definition) is 2. The summed E-state index contributed by atoms with van der Waals surface area (Å²) in [5.74, 6) is 2.12. The molecule has 6 heteroatoms. The zero-order valence-electron chi connectivity index (χ0n) is 13.7. The fraction of sp³-hybridized carbons (Fsp3) is 0.278. The van der Waals surface area contributed by atoms with E-state index in [9.17, 15) is 4.79 Å². The van der Waals surface area contributed by atoms with E-state index in [4.69, 9.17) is 14.2 Å². The van der Waals surface area contributed by atoms with Crippen molar-refractivity contribution >= 4 is 17.3 Å². The van der Waals surface area contributed by atoms with Gasteiger partial charge in [0, 0.05) is 24.7 Å². The Morgan fingerprint density at radius 3 is 2.83 bits per heavy atom. The van der Waals surface area contributed by atoms with Crippen LogP contribution in [0.4, 0.5) is 11.4 Å². The van der Waals surface area contributed by atoms with Gasteiger partial charge in [-0.25, -0.2) is 0 Å². The molecule has 1 heterocycles. The third-order valence-electron chi connectivity index (χ3n) is 3.64. The molecular weight excluding hydrogens is 308 g/mol. The molecular formula is C18H20N2O4. The van der Waals surface area contributed by atoms with Gasteiger partial charge in [-0.15, -0.1) is 0 Å². The number of benzene rings is 2. The highest BCUT2D eigenvalue weighted by Crippen LogP contribution is 2.35. The summed E-state index contributed by atoms with van der Waals surface area (Å²) < 4.78 is 16.7. The van der Waals surface area contributed by atoms with Crippen molar-refractivity contribution < 1.29 is 19.0 Å². The molecule has 1 aliphatic rings. The fourth-order valence-electron chi connectivity index (χ4n) is 2.59. The lowest BCUT2D eigenvalue weighted by Crippen LogP contribution is -2.17. The highest BCUT2D eigenvalue weighted by molar-refractivity contribution is 5.89. The molecule has 0 spiro atoms. The largest absolute Gasteiger partial charge is 0.495 e. The lowest BCUT2D eigenvalue weighted by molar-refractivity contribution is -0.114. The first kappa shape index (κ1) is 16.0. The standard InChI is InChI=1S/C18H20N2O4/c1-12(21)20-14-6-7-16(22-2)15(10-14)19-11-13-4-3-5-17-18(13)24-9-8-23-17/h3-7,10,19H,8-9,11H2,1-2H3,(H,20,21). The van der Waals surface area contributed by atoms with Crippen LogP contribution in [0, 0.1) is 0 Å². The maximum Gasteiger partial charge on any atom is 0.221 e. The van der Waals surface area contributed by atoms with Crippen molar-refractivity contribution in [2.75, 3.05) is 31.0 Å². The first-order valence-corrected chi connectivity index (χ1v) is 7.74. The zero-order chi connectivity index (χ0) is 16.9. The first-order valence-electron chi connectivity index (χ1n) is 7.74. The number of anilines is 2. The summed E-state index contributed by atoms with van der Waals surface area (Å²) >= 11 is 0. The maximum absolute atomic E-state index is 11.2. The Hall–Kier alpha value is -2.89. The number of para-hydroxylation sites is 1. The molecule has 2 aromatic rings. The van der Waals surface area contributed by atoms with Crippen LogP contribution >= 0.6 is 0 Å². The van der Waals surface area contributed by atoms with Gasteiger partial charge >= 0.3 is 0 Å². The van der Waals surface area contributed by atoms with Gasteiger partial charge in [-0.3, -0.25) is 4.79 Å². The SMILES string of the molecule is COc1ccc(NC(C)=O)cc1NCc1cccc2c1OCCO2. The quantitative estimate of drug-likeness (QED) is 0.883. The van der Waals surface area contributed by atoms with Crippen molar-refractivity contribution in [1.82, 2.24) is 0 Å². The average Bonchev–Trinajstić information content (AvgIpc) is 2.59. The van der Waals surface area contributed by atoms with Crippen molar-refractivity contribution in [2.24, 2.45) is 0 Å². The molecule has 24 heavy (non-hydrogen) atoms. The van der Waals surface area contributed by atoms with Crippen molar-refractivity contribution in [1.29, 1.82) is 0 Å². The Bertz CT molecular complexity index is 746.